The summed E-state index contributed by atoms with van der Waals surface area (Å²) in [6.07, 6.45) is 3.52. The molecule has 1 rings (SSSR count). The summed E-state index contributed by atoms with van der Waals surface area (Å²) in [6, 6.07) is 0. The molecule has 0 aromatic heterocycles. The van der Waals surface area contributed by atoms with E-state index >= 15 is 0 Å². The van der Waals surface area contributed by atoms with Gasteiger partial charge in [0.1, 0.15) is 9.84 Å². The quantitative estimate of drug-likeness (QED) is 0.720. The topological polar surface area (TPSA) is 52.6 Å². The molecule has 0 atom stereocenters. The molecule has 0 unspecified atom stereocenters. The Balaban J connectivity index is 2.48. The average molecular weight is 260 g/mol. The highest BCUT2D eigenvalue weighted by molar-refractivity contribution is 7.90. The maximum atomic E-state index is 10.9. The van der Waals surface area contributed by atoms with Crippen molar-refractivity contribution in [3.8, 4) is 0 Å². The fraction of sp³-hybridized carbons (Fsp3) is 0.818. The Morgan fingerprint density at radius 3 is 2.00 bits per heavy atom. The van der Waals surface area contributed by atoms with E-state index in [1.807, 2.05) is 27.7 Å². The van der Waals surface area contributed by atoms with Crippen LogP contribution in [0.4, 0.5) is 0 Å². The lowest BCUT2D eigenvalue weighted by molar-refractivity contribution is 0.00578. The lowest BCUT2D eigenvalue weighted by atomic mass is 9.90. The Morgan fingerprint density at radius 2 is 1.59 bits per heavy atom. The van der Waals surface area contributed by atoms with Crippen molar-refractivity contribution in [2.45, 2.75) is 45.3 Å². The van der Waals surface area contributed by atoms with Gasteiger partial charge in [0.25, 0.3) is 0 Å². The monoisotopic (exact) mass is 260 g/mol. The van der Waals surface area contributed by atoms with Crippen molar-refractivity contribution in [1.29, 1.82) is 0 Å². The van der Waals surface area contributed by atoms with Crippen LogP contribution in [-0.2, 0) is 19.1 Å². The molecule has 1 saturated heterocycles. The van der Waals surface area contributed by atoms with Gasteiger partial charge in [0.15, 0.2) is 0 Å². The maximum Gasteiger partial charge on any atom is 0.486 e. The molecule has 0 N–H and O–H groups in total. The highest BCUT2D eigenvalue weighted by atomic mass is 32.2. The molecule has 0 aromatic rings. The molecule has 0 radical (unpaired) electrons. The largest absolute Gasteiger partial charge is 0.486 e. The summed E-state index contributed by atoms with van der Waals surface area (Å²) in [5, 5.41) is 0. The lowest BCUT2D eigenvalue weighted by Crippen LogP contribution is -2.41. The summed E-state index contributed by atoms with van der Waals surface area (Å²) in [7, 11) is -3.29. The summed E-state index contributed by atoms with van der Waals surface area (Å²) in [5.41, 5.74) is -0.697. The van der Waals surface area contributed by atoms with Gasteiger partial charge in [0.2, 0.25) is 0 Å². The lowest BCUT2D eigenvalue weighted by Gasteiger charge is -2.32. The average Bonchev–Trinajstić information content (AvgIpc) is 2.28. The predicted octanol–water partition coefficient (Wildman–Crippen LogP) is 1.61. The number of hydrogen-bond acceptors (Lipinski definition) is 4. The van der Waals surface area contributed by atoms with Crippen molar-refractivity contribution in [1.82, 2.24) is 0 Å². The van der Waals surface area contributed by atoms with E-state index in [1.54, 1.807) is 12.1 Å². The first kappa shape index (κ1) is 14.7. The van der Waals surface area contributed by atoms with Crippen LogP contribution in [0.3, 0.4) is 0 Å². The van der Waals surface area contributed by atoms with E-state index in [4.69, 9.17) is 9.31 Å². The van der Waals surface area contributed by atoms with Crippen molar-refractivity contribution in [2.75, 3.05) is 12.0 Å². The molecule has 1 aliphatic heterocycles. The van der Waals surface area contributed by atoms with Crippen LogP contribution >= 0.6 is 0 Å². The summed E-state index contributed by atoms with van der Waals surface area (Å²) >= 11 is 0. The summed E-state index contributed by atoms with van der Waals surface area (Å²) in [5.74, 6) is 1.94. The Morgan fingerprint density at radius 1 is 1.12 bits per heavy atom. The molecule has 1 aliphatic rings. The van der Waals surface area contributed by atoms with Gasteiger partial charge in [-0.1, -0.05) is 12.1 Å². The van der Waals surface area contributed by atoms with Gasteiger partial charge in [0, 0.05) is 6.26 Å². The molecule has 17 heavy (non-hydrogen) atoms. The minimum atomic E-state index is -2.90. The Hall–Kier alpha value is -0.325. The minimum absolute atomic E-state index is 0.156. The van der Waals surface area contributed by atoms with E-state index in [2.05, 4.69) is 0 Å². The van der Waals surface area contributed by atoms with Crippen LogP contribution in [0.25, 0.3) is 0 Å². The second kappa shape index (κ2) is 4.74. The van der Waals surface area contributed by atoms with Crippen molar-refractivity contribution < 1.29 is 17.7 Å². The molecule has 0 bridgehead atoms. The predicted molar refractivity (Wildman–Crippen MR) is 69.5 cm³/mol. The van der Waals surface area contributed by atoms with Crippen LogP contribution in [0.2, 0.25) is 0 Å². The first-order valence-corrected chi connectivity index (χ1v) is 7.80. The highest BCUT2D eigenvalue weighted by Gasteiger charge is 2.49. The van der Waals surface area contributed by atoms with Crippen molar-refractivity contribution in [3.05, 3.63) is 12.1 Å². The van der Waals surface area contributed by atoms with E-state index in [9.17, 15) is 8.42 Å². The molecule has 4 nitrogen and oxygen atoms in total. The fourth-order valence-corrected chi connectivity index (χ4v) is 2.02. The zero-order valence-electron chi connectivity index (χ0n) is 11.2. The van der Waals surface area contributed by atoms with Gasteiger partial charge in [0.05, 0.1) is 17.0 Å². The molecule has 0 aliphatic carbocycles. The smallest absolute Gasteiger partial charge is 0.400 e. The summed E-state index contributed by atoms with van der Waals surface area (Å²) < 4.78 is 33.3. The molecule has 0 saturated carbocycles. The third-order valence-corrected chi connectivity index (χ3v) is 4.20. The second-order valence-electron chi connectivity index (χ2n) is 5.47. The van der Waals surface area contributed by atoms with E-state index < -0.39 is 9.84 Å². The molecular weight excluding hydrogens is 239 g/mol. The Labute approximate surface area is 104 Å². The van der Waals surface area contributed by atoms with Crippen LogP contribution in [-0.4, -0.2) is 38.7 Å². The zero-order chi connectivity index (χ0) is 13.3. The SMILES string of the molecule is CC1(C)OB(/C=C\CCS(C)(=O)=O)OC1(C)C. The Bertz CT molecular complexity index is 382. The fourth-order valence-electron chi connectivity index (χ4n) is 1.46. The molecule has 0 spiro atoms. The first-order valence-electron chi connectivity index (χ1n) is 5.73. The van der Waals surface area contributed by atoms with Crippen molar-refractivity contribution in [2.24, 2.45) is 0 Å². The zero-order valence-corrected chi connectivity index (χ0v) is 12.0. The third kappa shape index (κ3) is 4.12. The van der Waals surface area contributed by atoms with Gasteiger partial charge in [-0.25, -0.2) is 8.42 Å². The number of allylic oxidation sites excluding steroid dienone is 1. The van der Waals surface area contributed by atoms with Gasteiger partial charge >= 0.3 is 7.12 Å². The van der Waals surface area contributed by atoms with Gasteiger partial charge in [-0.3, -0.25) is 0 Å². The Kier molecular flexibility index (Phi) is 4.11. The van der Waals surface area contributed by atoms with Crippen LogP contribution in [0.5, 0.6) is 0 Å². The van der Waals surface area contributed by atoms with Crippen molar-refractivity contribution >= 4 is 17.0 Å². The molecule has 6 heteroatoms. The third-order valence-electron chi connectivity index (χ3n) is 3.22. The number of rotatable bonds is 4. The number of hydrogen-bond donors (Lipinski definition) is 0. The molecule has 1 fully saturated rings. The molecular formula is C11H21BO4S. The summed E-state index contributed by atoms with van der Waals surface area (Å²) in [6.45, 7) is 7.93. The highest BCUT2D eigenvalue weighted by Crippen LogP contribution is 2.36. The van der Waals surface area contributed by atoms with Crippen LogP contribution < -0.4 is 0 Å². The minimum Gasteiger partial charge on any atom is -0.400 e. The van der Waals surface area contributed by atoms with Gasteiger partial charge in [-0.2, -0.15) is 0 Å². The molecule has 1 heterocycles. The van der Waals surface area contributed by atoms with E-state index in [-0.39, 0.29) is 24.1 Å². The summed E-state index contributed by atoms with van der Waals surface area (Å²) in [4.78, 5) is 0. The maximum absolute atomic E-state index is 10.9. The van der Waals surface area contributed by atoms with E-state index in [1.165, 1.54) is 6.26 Å². The van der Waals surface area contributed by atoms with Crippen LogP contribution in [0.1, 0.15) is 34.1 Å². The van der Waals surface area contributed by atoms with Gasteiger partial charge in [-0.15, -0.1) is 0 Å². The van der Waals surface area contributed by atoms with E-state index in [0.717, 1.165) is 0 Å². The van der Waals surface area contributed by atoms with Crippen LogP contribution in [0.15, 0.2) is 12.1 Å². The second-order valence-corrected chi connectivity index (χ2v) is 7.73. The molecule has 98 valence electrons. The first-order chi connectivity index (χ1) is 7.54. The standard InChI is InChI=1S/C11H21BO4S/c1-10(2)11(3,4)16-12(15-10)8-6-7-9-17(5,13)14/h6,8H,7,9H2,1-5H3/b8-6-. The van der Waals surface area contributed by atoms with E-state index in [0.29, 0.717) is 6.42 Å². The molecule has 0 amide bonds. The van der Waals surface area contributed by atoms with Gasteiger partial charge in [-0.05, 0) is 34.1 Å². The van der Waals surface area contributed by atoms with Crippen molar-refractivity contribution in [3.63, 3.8) is 0 Å². The molecule has 0 aromatic carbocycles. The van der Waals surface area contributed by atoms with Gasteiger partial charge < -0.3 is 9.31 Å². The van der Waals surface area contributed by atoms with Crippen LogP contribution in [0, 0.1) is 0 Å². The number of sulfone groups is 1. The normalized spacial score (nSPS) is 23.5.